The molecular weight excluding hydrogens is 268 g/mol. The van der Waals surface area contributed by atoms with Crippen LogP contribution >= 0.6 is 0 Å². The van der Waals surface area contributed by atoms with Gasteiger partial charge >= 0.3 is 0 Å². The summed E-state index contributed by atoms with van der Waals surface area (Å²) in [6, 6.07) is 3.68. The Hall–Kier alpha value is -1.33. The smallest absolute Gasteiger partial charge is 0.237 e. The van der Waals surface area contributed by atoms with Crippen molar-refractivity contribution >= 4 is 5.91 Å². The van der Waals surface area contributed by atoms with Gasteiger partial charge in [-0.05, 0) is 37.9 Å². The average molecular weight is 294 g/mol. The minimum Gasteiger partial charge on any atom is -0.467 e. The first kappa shape index (κ1) is 16.0. The molecule has 5 nitrogen and oxygen atoms in total. The topological polar surface area (TPSA) is 54.7 Å². The molecule has 0 radical (unpaired) electrons. The maximum atomic E-state index is 12.3. The molecule has 5 heteroatoms. The number of unbranched alkanes of at least 4 members (excludes halogenated alkanes) is 1. The summed E-state index contributed by atoms with van der Waals surface area (Å²) in [5.74, 6) is 0.883. The Bertz CT molecular complexity index is 406. The Labute approximate surface area is 126 Å². The van der Waals surface area contributed by atoms with E-state index in [1.54, 1.807) is 6.26 Å². The van der Waals surface area contributed by atoms with Crippen molar-refractivity contribution < 1.29 is 13.9 Å². The van der Waals surface area contributed by atoms with Crippen LogP contribution in [0.15, 0.2) is 22.8 Å². The Morgan fingerprint density at radius 1 is 1.52 bits per heavy atom. The molecule has 1 aliphatic heterocycles. The van der Waals surface area contributed by atoms with Crippen LogP contribution in [-0.4, -0.2) is 43.2 Å². The van der Waals surface area contributed by atoms with Gasteiger partial charge in [0, 0.05) is 13.2 Å². The molecule has 1 fully saturated rings. The third-order valence-electron chi connectivity index (χ3n) is 3.85. The quantitative estimate of drug-likeness (QED) is 0.709. The minimum absolute atomic E-state index is 0.0188. The SMILES string of the molecule is CCCCOCCN1CCC[C@@H]1C(=O)NCc1ccco1. The molecule has 0 aromatic carbocycles. The number of ether oxygens (including phenoxy) is 1. The monoisotopic (exact) mass is 294 g/mol. The van der Waals surface area contributed by atoms with Crippen LogP contribution in [-0.2, 0) is 16.1 Å². The summed E-state index contributed by atoms with van der Waals surface area (Å²) in [4.78, 5) is 14.5. The van der Waals surface area contributed by atoms with E-state index in [1.807, 2.05) is 12.1 Å². The molecule has 1 N–H and O–H groups in total. The fourth-order valence-electron chi connectivity index (χ4n) is 2.63. The van der Waals surface area contributed by atoms with Crippen LogP contribution in [0, 0.1) is 0 Å². The van der Waals surface area contributed by atoms with Gasteiger partial charge in [-0.1, -0.05) is 13.3 Å². The van der Waals surface area contributed by atoms with Crippen LogP contribution in [0.5, 0.6) is 0 Å². The molecule has 0 bridgehead atoms. The predicted octanol–water partition coefficient (Wildman–Crippen LogP) is 2.18. The number of carbonyl (C=O) groups is 1. The highest BCUT2D eigenvalue weighted by molar-refractivity contribution is 5.81. The minimum atomic E-state index is -0.0188. The molecule has 2 heterocycles. The summed E-state index contributed by atoms with van der Waals surface area (Å²) >= 11 is 0. The lowest BCUT2D eigenvalue weighted by Crippen LogP contribution is -2.44. The summed E-state index contributed by atoms with van der Waals surface area (Å²) in [5, 5.41) is 2.95. The van der Waals surface area contributed by atoms with Gasteiger partial charge in [-0.3, -0.25) is 9.69 Å². The van der Waals surface area contributed by atoms with Crippen molar-refractivity contribution in [2.45, 2.75) is 45.2 Å². The maximum absolute atomic E-state index is 12.3. The van der Waals surface area contributed by atoms with Crippen molar-refractivity contribution in [2.75, 3.05) is 26.3 Å². The number of likely N-dealkylation sites (tertiary alicyclic amines) is 1. The molecule has 0 aliphatic carbocycles. The van der Waals surface area contributed by atoms with E-state index in [4.69, 9.17) is 9.15 Å². The van der Waals surface area contributed by atoms with Gasteiger partial charge in [-0.25, -0.2) is 0 Å². The number of rotatable bonds is 9. The third kappa shape index (κ3) is 5.17. The highest BCUT2D eigenvalue weighted by atomic mass is 16.5. The average Bonchev–Trinajstić information content (AvgIpc) is 3.16. The standard InChI is InChI=1S/C16H26N2O3/c1-2-3-10-20-12-9-18-8-4-7-15(18)16(19)17-13-14-6-5-11-21-14/h5-6,11,15H,2-4,7-10,12-13H2,1H3,(H,17,19)/t15-/m1/s1. The van der Waals surface area contributed by atoms with Crippen molar-refractivity contribution in [3.05, 3.63) is 24.2 Å². The van der Waals surface area contributed by atoms with Gasteiger partial charge in [0.1, 0.15) is 5.76 Å². The molecule has 1 amide bonds. The van der Waals surface area contributed by atoms with Gasteiger partial charge in [0.05, 0.1) is 25.5 Å². The number of furan rings is 1. The van der Waals surface area contributed by atoms with Crippen LogP contribution in [0.4, 0.5) is 0 Å². The summed E-state index contributed by atoms with van der Waals surface area (Å²) < 4.78 is 10.8. The first-order chi connectivity index (χ1) is 10.3. The highest BCUT2D eigenvalue weighted by Gasteiger charge is 2.30. The molecule has 0 spiro atoms. The fraction of sp³-hybridized carbons (Fsp3) is 0.688. The molecule has 0 unspecified atom stereocenters. The zero-order chi connectivity index (χ0) is 14.9. The van der Waals surface area contributed by atoms with E-state index in [-0.39, 0.29) is 11.9 Å². The molecule has 2 rings (SSSR count). The lowest BCUT2D eigenvalue weighted by molar-refractivity contribution is -0.125. The zero-order valence-corrected chi connectivity index (χ0v) is 12.8. The number of nitrogens with one attached hydrogen (secondary N) is 1. The van der Waals surface area contributed by atoms with E-state index in [1.165, 1.54) is 0 Å². The van der Waals surface area contributed by atoms with Gasteiger partial charge in [0.2, 0.25) is 5.91 Å². The third-order valence-corrected chi connectivity index (χ3v) is 3.85. The van der Waals surface area contributed by atoms with E-state index >= 15 is 0 Å². The maximum Gasteiger partial charge on any atom is 0.237 e. The summed E-state index contributed by atoms with van der Waals surface area (Å²) in [6.45, 7) is 5.96. The Kier molecular flexibility index (Phi) is 6.76. The molecule has 1 aliphatic rings. The molecule has 1 atom stereocenters. The van der Waals surface area contributed by atoms with Gasteiger partial charge < -0.3 is 14.5 Å². The lowest BCUT2D eigenvalue weighted by Gasteiger charge is -2.23. The van der Waals surface area contributed by atoms with Crippen LogP contribution < -0.4 is 5.32 Å². The normalized spacial score (nSPS) is 19.0. The molecule has 1 aromatic rings. The van der Waals surface area contributed by atoms with Gasteiger partial charge in [0.15, 0.2) is 0 Å². The van der Waals surface area contributed by atoms with E-state index in [0.717, 1.165) is 51.1 Å². The molecule has 21 heavy (non-hydrogen) atoms. The van der Waals surface area contributed by atoms with Gasteiger partial charge in [-0.2, -0.15) is 0 Å². The van der Waals surface area contributed by atoms with Crippen LogP contribution in [0.25, 0.3) is 0 Å². The van der Waals surface area contributed by atoms with Crippen molar-refractivity contribution in [1.29, 1.82) is 0 Å². The van der Waals surface area contributed by atoms with E-state index in [9.17, 15) is 4.79 Å². The number of hydrogen-bond donors (Lipinski definition) is 1. The predicted molar refractivity (Wildman–Crippen MR) is 80.9 cm³/mol. The van der Waals surface area contributed by atoms with Crippen LogP contribution in [0.1, 0.15) is 38.4 Å². The molecule has 1 aromatic heterocycles. The highest BCUT2D eigenvalue weighted by Crippen LogP contribution is 2.17. The Morgan fingerprint density at radius 2 is 2.43 bits per heavy atom. The first-order valence-electron chi connectivity index (χ1n) is 7.93. The van der Waals surface area contributed by atoms with E-state index < -0.39 is 0 Å². The number of nitrogens with zero attached hydrogens (tertiary/aromatic N) is 1. The van der Waals surface area contributed by atoms with Crippen molar-refractivity contribution in [2.24, 2.45) is 0 Å². The lowest BCUT2D eigenvalue weighted by atomic mass is 10.2. The largest absolute Gasteiger partial charge is 0.467 e. The second-order valence-corrected chi connectivity index (χ2v) is 5.46. The van der Waals surface area contributed by atoms with Gasteiger partial charge in [-0.15, -0.1) is 0 Å². The molecular formula is C16H26N2O3. The molecule has 1 saturated heterocycles. The Balaban J connectivity index is 1.69. The van der Waals surface area contributed by atoms with E-state index in [2.05, 4.69) is 17.1 Å². The summed E-state index contributed by atoms with van der Waals surface area (Å²) in [5.41, 5.74) is 0. The van der Waals surface area contributed by atoms with Crippen molar-refractivity contribution in [3.63, 3.8) is 0 Å². The summed E-state index contributed by atoms with van der Waals surface area (Å²) in [6.07, 6.45) is 5.89. The molecule has 118 valence electrons. The summed E-state index contributed by atoms with van der Waals surface area (Å²) in [7, 11) is 0. The van der Waals surface area contributed by atoms with Crippen molar-refractivity contribution in [1.82, 2.24) is 10.2 Å². The van der Waals surface area contributed by atoms with E-state index in [0.29, 0.717) is 13.2 Å². The number of hydrogen-bond acceptors (Lipinski definition) is 4. The second kappa shape index (κ2) is 8.85. The fourth-order valence-corrected chi connectivity index (χ4v) is 2.63. The van der Waals surface area contributed by atoms with Crippen molar-refractivity contribution in [3.8, 4) is 0 Å². The van der Waals surface area contributed by atoms with Crippen LogP contribution in [0.3, 0.4) is 0 Å². The number of amides is 1. The zero-order valence-electron chi connectivity index (χ0n) is 12.8. The second-order valence-electron chi connectivity index (χ2n) is 5.46. The first-order valence-corrected chi connectivity index (χ1v) is 7.93. The van der Waals surface area contributed by atoms with Crippen LogP contribution in [0.2, 0.25) is 0 Å². The van der Waals surface area contributed by atoms with Gasteiger partial charge in [0.25, 0.3) is 0 Å². The molecule has 0 saturated carbocycles. The Morgan fingerprint density at radius 3 is 3.19 bits per heavy atom. The number of carbonyl (C=O) groups excluding carboxylic acids is 1.